The number of amides is 1. The third-order valence-electron chi connectivity index (χ3n) is 2.79. The molecule has 0 fully saturated rings. The Labute approximate surface area is 110 Å². The van der Waals surface area contributed by atoms with Gasteiger partial charge >= 0.3 is 0 Å². The van der Waals surface area contributed by atoms with Gasteiger partial charge in [-0.3, -0.25) is 9.59 Å². The average Bonchev–Trinajstić information content (AvgIpc) is 2.42. The Morgan fingerprint density at radius 2 is 1.84 bits per heavy atom. The second kappa shape index (κ2) is 5.35. The lowest BCUT2D eigenvalue weighted by molar-refractivity contribution is 0.102. The van der Waals surface area contributed by atoms with Crippen molar-refractivity contribution in [1.82, 2.24) is 0 Å². The highest BCUT2D eigenvalue weighted by Crippen LogP contribution is 2.22. The Balaban J connectivity index is 2.20. The fourth-order valence-electron chi connectivity index (χ4n) is 1.69. The predicted molar refractivity (Wildman–Crippen MR) is 72.6 cm³/mol. The Kier molecular flexibility index (Phi) is 3.61. The van der Waals surface area contributed by atoms with Crippen molar-refractivity contribution in [3.63, 3.8) is 0 Å². The first-order valence-electron chi connectivity index (χ1n) is 5.77. The minimum Gasteiger partial charge on any atom is -0.507 e. The Bertz CT molecular complexity index is 618. The van der Waals surface area contributed by atoms with Crippen molar-refractivity contribution in [2.24, 2.45) is 0 Å². The predicted octanol–water partition coefficient (Wildman–Crippen LogP) is 2.77. The van der Waals surface area contributed by atoms with Crippen molar-refractivity contribution in [2.45, 2.75) is 6.92 Å². The van der Waals surface area contributed by atoms with Gasteiger partial charge in [0.15, 0.2) is 0 Å². The van der Waals surface area contributed by atoms with E-state index >= 15 is 0 Å². The maximum Gasteiger partial charge on any atom is 0.259 e. The van der Waals surface area contributed by atoms with Crippen molar-refractivity contribution < 1.29 is 14.7 Å². The first-order valence-corrected chi connectivity index (χ1v) is 5.77. The van der Waals surface area contributed by atoms with Gasteiger partial charge < -0.3 is 10.4 Å². The van der Waals surface area contributed by atoms with E-state index in [9.17, 15) is 14.7 Å². The molecule has 2 rings (SSSR count). The number of hydrogen-bond donors (Lipinski definition) is 2. The van der Waals surface area contributed by atoms with Crippen LogP contribution in [0.1, 0.15) is 26.3 Å². The van der Waals surface area contributed by atoms with Crippen molar-refractivity contribution in [2.75, 3.05) is 5.32 Å². The van der Waals surface area contributed by atoms with E-state index in [-0.39, 0.29) is 17.2 Å². The van der Waals surface area contributed by atoms with E-state index in [0.29, 0.717) is 16.8 Å². The number of carbonyl (C=O) groups excluding carboxylic acids is 2. The summed E-state index contributed by atoms with van der Waals surface area (Å²) in [4.78, 5) is 22.5. The van der Waals surface area contributed by atoms with Gasteiger partial charge in [0, 0.05) is 11.3 Å². The van der Waals surface area contributed by atoms with Gasteiger partial charge in [-0.15, -0.1) is 0 Å². The molecule has 2 aromatic carbocycles. The van der Waals surface area contributed by atoms with Crippen LogP contribution in [0, 0.1) is 6.92 Å². The van der Waals surface area contributed by atoms with Crippen LogP contribution in [0.3, 0.4) is 0 Å². The van der Waals surface area contributed by atoms with E-state index in [4.69, 9.17) is 0 Å². The Morgan fingerprint density at radius 1 is 1.16 bits per heavy atom. The summed E-state index contributed by atoms with van der Waals surface area (Å²) in [5, 5.41) is 12.5. The minimum atomic E-state index is -0.389. The molecule has 0 spiro atoms. The number of aldehydes is 1. The van der Waals surface area contributed by atoms with Gasteiger partial charge in [0.25, 0.3) is 5.91 Å². The second-order valence-corrected chi connectivity index (χ2v) is 4.17. The number of anilines is 1. The number of benzene rings is 2. The smallest absolute Gasteiger partial charge is 0.259 e. The highest BCUT2D eigenvalue weighted by molar-refractivity contribution is 6.06. The van der Waals surface area contributed by atoms with Crippen LogP contribution in [0.4, 0.5) is 5.69 Å². The van der Waals surface area contributed by atoms with Gasteiger partial charge in [0.1, 0.15) is 12.0 Å². The molecule has 1 amide bonds. The molecule has 0 bridgehead atoms. The van der Waals surface area contributed by atoms with E-state index in [0.717, 1.165) is 6.29 Å². The van der Waals surface area contributed by atoms with Gasteiger partial charge in [-0.2, -0.15) is 0 Å². The van der Waals surface area contributed by atoms with E-state index in [1.807, 2.05) is 0 Å². The Hall–Kier alpha value is -2.62. The first-order chi connectivity index (χ1) is 9.11. The lowest BCUT2D eigenvalue weighted by Crippen LogP contribution is -2.12. The topological polar surface area (TPSA) is 66.4 Å². The summed E-state index contributed by atoms with van der Waals surface area (Å²) in [7, 11) is 0. The summed E-state index contributed by atoms with van der Waals surface area (Å²) in [6, 6.07) is 11.5. The largest absolute Gasteiger partial charge is 0.507 e. The maximum atomic E-state index is 12.0. The zero-order valence-corrected chi connectivity index (χ0v) is 10.4. The van der Waals surface area contributed by atoms with Gasteiger partial charge in [-0.1, -0.05) is 12.1 Å². The molecular formula is C15H13NO3. The third-order valence-corrected chi connectivity index (χ3v) is 2.79. The fourth-order valence-corrected chi connectivity index (χ4v) is 1.69. The highest BCUT2D eigenvalue weighted by atomic mass is 16.3. The number of rotatable bonds is 3. The number of aryl methyl sites for hydroxylation is 1. The maximum absolute atomic E-state index is 12.0. The van der Waals surface area contributed by atoms with Crippen LogP contribution in [-0.4, -0.2) is 17.3 Å². The minimum absolute atomic E-state index is 0.0236. The molecule has 0 saturated heterocycles. The van der Waals surface area contributed by atoms with E-state index in [2.05, 4.69) is 5.32 Å². The summed E-state index contributed by atoms with van der Waals surface area (Å²) in [6.07, 6.45) is 0.734. The van der Waals surface area contributed by atoms with E-state index in [1.165, 1.54) is 0 Å². The molecule has 96 valence electrons. The lowest BCUT2D eigenvalue weighted by Gasteiger charge is -2.08. The van der Waals surface area contributed by atoms with Crippen molar-refractivity contribution in [3.8, 4) is 5.75 Å². The SMILES string of the molecule is Cc1cccc(C(=O)Nc2ccc(C=O)cc2)c1O. The lowest BCUT2D eigenvalue weighted by atomic mass is 10.1. The third kappa shape index (κ3) is 2.80. The normalized spacial score (nSPS) is 9.95. The van der Waals surface area contributed by atoms with E-state index < -0.39 is 0 Å². The summed E-state index contributed by atoms with van der Waals surface area (Å²) >= 11 is 0. The number of nitrogens with one attached hydrogen (secondary N) is 1. The molecule has 0 aliphatic heterocycles. The van der Waals surface area contributed by atoms with Crippen LogP contribution in [0.2, 0.25) is 0 Å². The van der Waals surface area contributed by atoms with Gasteiger partial charge in [0.2, 0.25) is 0 Å². The molecule has 0 saturated carbocycles. The summed E-state index contributed by atoms with van der Waals surface area (Å²) in [5.74, 6) is -0.412. The average molecular weight is 255 g/mol. The molecule has 2 N–H and O–H groups in total. The number of carbonyl (C=O) groups is 2. The van der Waals surface area contributed by atoms with Gasteiger partial charge in [-0.05, 0) is 42.8 Å². The van der Waals surface area contributed by atoms with Crippen LogP contribution in [0.5, 0.6) is 5.75 Å². The Morgan fingerprint density at radius 3 is 2.47 bits per heavy atom. The zero-order valence-electron chi connectivity index (χ0n) is 10.4. The first kappa shape index (κ1) is 12.8. The summed E-state index contributed by atoms with van der Waals surface area (Å²) in [5.41, 5.74) is 1.97. The van der Waals surface area contributed by atoms with Crippen molar-refractivity contribution in [1.29, 1.82) is 0 Å². The highest BCUT2D eigenvalue weighted by Gasteiger charge is 2.12. The standard InChI is InChI=1S/C15H13NO3/c1-10-3-2-4-13(14(10)18)15(19)16-12-7-5-11(9-17)6-8-12/h2-9,18H,1H3,(H,16,19). The molecule has 4 nitrogen and oxygen atoms in total. The molecular weight excluding hydrogens is 242 g/mol. The molecule has 4 heteroatoms. The molecule has 0 heterocycles. The number of phenols is 1. The van der Waals surface area contributed by atoms with Crippen molar-refractivity contribution >= 4 is 17.9 Å². The molecule has 2 aromatic rings. The van der Waals surface area contributed by atoms with Gasteiger partial charge in [0.05, 0.1) is 5.56 Å². The van der Waals surface area contributed by atoms with Crippen LogP contribution in [0.25, 0.3) is 0 Å². The number of hydrogen-bond acceptors (Lipinski definition) is 3. The molecule has 19 heavy (non-hydrogen) atoms. The van der Waals surface area contributed by atoms with Crippen LogP contribution in [0.15, 0.2) is 42.5 Å². The van der Waals surface area contributed by atoms with Crippen LogP contribution in [-0.2, 0) is 0 Å². The van der Waals surface area contributed by atoms with Gasteiger partial charge in [-0.25, -0.2) is 0 Å². The van der Waals surface area contributed by atoms with Crippen LogP contribution < -0.4 is 5.32 Å². The molecule has 0 aromatic heterocycles. The molecule has 0 aliphatic carbocycles. The second-order valence-electron chi connectivity index (χ2n) is 4.17. The van der Waals surface area contributed by atoms with Crippen molar-refractivity contribution in [3.05, 3.63) is 59.2 Å². The van der Waals surface area contributed by atoms with E-state index in [1.54, 1.807) is 49.4 Å². The summed E-state index contributed by atoms with van der Waals surface area (Å²) < 4.78 is 0. The number of aromatic hydroxyl groups is 1. The molecule has 0 radical (unpaired) electrons. The van der Waals surface area contributed by atoms with Crippen LogP contribution >= 0.6 is 0 Å². The summed E-state index contributed by atoms with van der Waals surface area (Å²) in [6.45, 7) is 1.73. The molecule has 0 unspecified atom stereocenters. The quantitative estimate of drug-likeness (QED) is 0.829. The fraction of sp³-hybridized carbons (Fsp3) is 0.0667. The number of phenolic OH excluding ortho intramolecular Hbond substituents is 1. The zero-order chi connectivity index (χ0) is 13.8. The molecule has 0 aliphatic rings. The number of para-hydroxylation sites is 1. The monoisotopic (exact) mass is 255 g/mol. The molecule has 0 atom stereocenters.